The summed E-state index contributed by atoms with van der Waals surface area (Å²) in [5.41, 5.74) is 9.62. The van der Waals surface area contributed by atoms with Gasteiger partial charge in [0.25, 0.3) is 5.01 Å². The number of fused-ring (bicyclic) bond motifs is 2. The number of nitrogens with two attached hydrogens (primary N) is 1. The fourth-order valence-electron chi connectivity index (χ4n) is 3.90. The van der Waals surface area contributed by atoms with Gasteiger partial charge >= 0.3 is 0 Å². The molecule has 2 aromatic carbocycles. The molecule has 0 fully saturated rings. The summed E-state index contributed by atoms with van der Waals surface area (Å²) < 4.78 is 3.83. The molecule has 0 aliphatic carbocycles. The molecule has 0 unspecified atom stereocenters. The highest BCUT2D eigenvalue weighted by Crippen LogP contribution is 2.45. The number of thioether (sulfide) groups is 1. The van der Waals surface area contributed by atoms with E-state index in [1.165, 1.54) is 49.3 Å². The van der Waals surface area contributed by atoms with E-state index in [0.717, 1.165) is 26.1 Å². The van der Waals surface area contributed by atoms with Crippen LogP contribution in [0.2, 0.25) is 0 Å². The van der Waals surface area contributed by atoms with Gasteiger partial charge in [0.15, 0.2) is 6.54 Å². The zero-order valence-electron chi connectivity index (χ0n) is 17.8. The number of nitrogens with zero attached hydrogens (tertiary/aromatic N) is 2. The van der Waals surface area contributed by atoms with Crippen molar-refractivity contribution in [1.82, 2.24) is 0 Å². The monoisotopic (exact) mass is 436 g/mol. The molecule has 1 aliphatic rings. The molecule has 0 atom stereocenters. The second-order valence-electron chi connectivity index (χ2n) is 7.59. The maximum atomic E-state index is 5.68. The van der Waals surface area contributed by atoms with E-state index >= 15 is 0 Å². The number of aromatic nitrogens is 1. The predicted molar refractivity (Wildman–Crippen MR) is 132 cm³/mol. The van der Waals surface area contributed by atoms with Crippen molar-refractivity contribution in [1.29, 1.82) is 0 Å². The van der Waals surface area contributed by atoms with Gasteiger partial charge in [0.1, 0.15) is 4.70 Å². The second kappa shape index (κ2) is 9.82. The number of benzene rings is 2. The molecule has 0 radical (unpaired) electrons. The first kappa shape index (κ1) is 21.2. The average molecular weight is 437 g/mol. The van der Waals surface area contributed by atoms with Crippen molar-refractivity contribution in [2.45, 2.75) is 44.6 Å². The van der Waals surface area contributed by atoms with Crippen LogP contribution in [0.4, 0.5) is 5.69 Å². The summed E-state index contributed by atoms with van der Waals surface area (Å²) in [7, 11) is 0. The largest absolute Gasteiger partial charge is 0.335 e. The number of unbranched alkanes of at least 4 members (excludes halogenated alkanes) is 2. The third-order valence-electron chi connectivity index (χ3n) is 5.38. The van der Waals surface area contributed by atoms with Gasteiger partial charge in [0.05, 0.1) is 10.7 Å². The Bertz CT molecular complexity index is 1080. The summed E-state index contributed by atoms with van der Waals surface area (Å²) in [6.07, 6.45) is 8.12. The zero-order chi connectivity index (χ0) is 20.9. The molecule has 3 nitrogen and oxygen atoms in total. The lowest BCUT2D eigenvalue weighted by Gasteiger charge is -2.17. The van der Waals surface area contributed by atoms with Crippen LogP contribution in [0.1, 0.15) is 38.1 Å². The molecular weight excluding hydrogens is 406 g/mol. The number of allylic oxidation sites excluding steroid dienone is 2. The summed E-state index contributed by atoms with van der Waals surface area (Å²) in [5, 5.41) is 2.63. The van der Waals surface area contributed by atoms with Crippen molar-refractivity contribution >= 4 is 45.1 Å². The van der Waals surface area contributed by atoms with E-state index in [4.69, 9.17) is 5.73 Å². The van der Waals surface area contributed by atoms with Crippen LogP contribution < -0.4 is 15.2 Å². The topological polar surface area (TPSA) is 33.1 Å². The maximum absolute atomic E-state index is 5.68. The van der Waals surface area contributed by atoms with E-state index in [1.54, 1.807) is 0 Å². The van der Waals surface area contributed by atoms with Crippen LogP contribution in [0.5, 0.6) is 0 Å². The Labute approximate surface area is 187 Å². The third kappa shape index (κ3) is 4.48. The molecule has 0 amide bonds. The minimum atomic E-state index is 0.780. The molecule has 0 spiro atoms. The lowest BCUT2D eigenvalue weighted by atomic mass is 10.2. The van der Waals surface area contributed by atoms with Crippen molar-refractivity contribution < 1.29 is 4.57 Å². The Morgan fingerprint density at radius 2 is 1.87 bits per heavy atom. The lowest BCUT2D eigenvalue weighted by Crippen LogP contribution is -2.35. The van der Waals surface area contributed by atoms with E-state index < -0.39 is 0 Å². The first-order chi connectivity index (χ1) is 14.7. The van der Waals surface area contributed by atoms with Gasteiger partial charge in [-0.2, -0.15) is 4.57 Å². The number of anilines is 1. The van der Waals surface area contributed by atoms with Crippen LogP contribution in [0.3, 0.4) is 0 Å². The number of aryl methyl sites for hydroxylation is 1. The second-order valence-corrected chi connectivity index (χ2v) is 9.72. The molecule has 4 rings (SSSR count). The molecule has 2 heterocycles. The molecule has 30 heavy (non-hydrogen) atoms. The Balaban J connectivity index is 1.63. The molecule has 1 aliphatic heterocycles. The van der Waals surface area contributed by atoms with Crippen molar-refractivity contribution in [3.63, 3.8) is 0 Å². The minimum Gasteiger partial charge on any atom is -0.335 e. The number of hydrogen-bond donors (Lipinski definition) is 1. The highest BCUT2D eigenvalue weighted by Gasteiger charge is 2.23. The molecule has 2 N–H and O–H groups in total. The van der Waals surface area contributed by atoms with Crippen molar-refractivity contribution in [2.24, 2.45) is 5.73 Å². The predicted octanol–water partition coefficient (Wildman–Crippen LogP) is 6.19. The average Bonchev–Trinajstić information content (AvgIpc) is 3.28. The minimum absolute atomic E-state index is 0.780. The number of para-hydroxylation sites is 2. The first-order valence-electron chi connectivity index (χ1n) is 10.8. The van der Waals surface area contributed by atoms with Gasteiger partial charge in [-0.1, -0.05) is 47.4 Å². The molecule has 0 bridgehead atoms. The van der Waals surface area contributed by atoms with Gasteiger partial charge < -0.3 is 10.6 Å². The van der Waals surface area contributed by atoms with E-state index in [9.17, 15) is 0 Å². The summed E-state index contributed by atoms with van der Waals surface area (Å²) in [6.45, 7) is 7.24. The molecular formula is C25H30N3S2+. The SMILES string of the molecule is CCN1C(=CC(C)=Cc2sc3ccccc3[n+]2CCCCCN)Sc2ccccc21. The zero-order valence-corrected chi connectivity index (χ0v) is 19.4. The highest BCUT2D eigenvalue weighted by molar-refractivity contribution is 8.03. The normalized spacial score (nSPS) is 15.4. The van der Waals surface area contributed by atoms with Gasteiger partial charge in [-0.3, -0.25) is 0 Å². The Kier molecular flexibility index (Phi) is 6.93. The number of hydrogen-bond acceptors (Lipinski definition) is 4. The van der Waals surface area contributed by atoms with E-state index in [0.29, 0.717) is 0 Å². The van der Waals surface area contributed by atoms with Crippen LogP contribution in [-0.2, 0) is 6.54 Å². The Morgan fingerprint density at radius 3 is 2.70 bits per heavy atom. The summed E-state index contributed by atoms with van der Waals surface area (Å²) >= 11 is 3.75. The van der Waals surface area contributed by atoms with Crippen LogP contribution in [0.15, 0.2) is 70.1 Å². The fraction of sp³-hybridized carbons (Fsp3) is 0.320. The molecule has 0 saturated carbocycles. The fourth-order valence-corrected chi connectivity index (χ4v) is 6.34. The first-order valence-corrected chi connectivity index (χ1v) is 12.4. The van der Waals surface area contributed by atoms with Gasteiger partial charge in [-0.15, -0.1) is 0 Å². The molecule has 5 heteroatoms. The smallest absolute Gasteiger partial charge is 0.263 e. The summed E-state index contributed by atoms with van der Waals surface area (Å²) in [4.78, 5) is 3.75. The molecule has 1 aromatic heterocycles. The van der Waals surface area contributed by atoms with Crippen LogP contribution in [-0.4, -0.2) is 13.1 Å². The Morgan fingerprint density at radius 1 is 1.07 bits per heavy atom. The van der Waals surface area contributed by atoms with Gasteiger partial charge in [0.2, 0.25) is 5.52 Å². The van der Waals surface area contributed by atoms with E-state index in [1.807, 2.05) is 23.1 Å². The van der Waals surface area contributed by atoms with Crippen molar-refractivity contribution in [3.05, 3.63) is 70.2 Å². The summed E-state index contributed by atoms with van der Waals surface area (Å²) in [5.74, 6) is 0. The lowest BCUT2D eigenvalue weighted by molar-refractivity contribution is -0.669. The quantitative estimate of drug-likeness (QED) is 0.337. The standard InChI is InChI=1S/C25H30N3S2/c1-3-27-20-11-5-7-13-22(20)29-24(27)17-19(2)18-25-28(16-10-4-9-15-26)21-12-6-8-14-23(21)30-25/h5-8,11-14,17-18H,3-4,9-10,15-16,26H2,1-2H3/q+1. The van der Waals surface area contributed by atoms with E-state index in [2.05, 4.69) is 84.0 Å². The number of thiazole rings is 1. The molecule has 156 valence electrons. The highest BCUT2D eigenvalue weighted by atomic mass is 32.2. The number of rotatable bonds is 8. The van der Waals surface area contributed by atoms with Gasteiger partial charge in [-0.05, 0) is 63.1 Å². The van der Waals surface area contributed by atoms with Crippen LogP contribution in [0.25, 0.3) is 16.3 Å². The maximum Gasteiger partial charge on any atom is 0.263 e. The van der Waals surface area contributed by atoms with Crippen LogP contribution in [0, 0.1) is 0 Å². The molecule has 3 aromatic rings. The van der Waals surface area contributed by atoms with Crippen LogP contribution >= 0.6 is 23.1 Å². The summed E-state index contributed by atoms with van der Waals surface area (Å²) in [6, 6.07) is 17.4. The van der Waals surface area contributed by atoms with Crippen molar-refractivity contribution in [3.8, 4) is 0 Å². The van der Waals surface area contributed by atoms with E-state index in [-0.39, 0.29) is 0 Å². The Hall–Kier alpha value is -2.08. The van der Waals surface area contributed by atoms with Crippen molar-refractivity contribution in [2.75, 3.05) is 18.0 Å². The molecule has 0 saturated heterocycles. The van der Waals surface area contributed by atoms with Gasteiger partial charge in [0, 0.05) is 30.0 Å². The van der Waals surface area contributed by atoms with Gasteiger partial charge in [-0.25, -0.2) is 0 Å². The third-order valence-corrected chi connectivity index (χ3v) is 7.60.